The molecule has 1 aliphatic rings. The first kappa shape index (κ1) is 29.7. The molecule has 1 aromatic heterocycles. The van der Waals surface area contributed by atoms with Crippen LogP contribution in [0.15, 0.2) is 30.6 Å². The molecule has 133 valence electrons. The van der Waals surface area contributed by atoms with Crippen LogP contribution in [0, 0.1) is 5.92 Å². The van der Waals surface area contributed by atoms with E-state index in [4.69, 9.17) is 0 Å². The molecule has 1 atom stereocenters. The number of pyridine rings is 1. The van der Waals surface area contributed by atoms with Crippen molar-refractivity contribution < 1.29 is 4.79 Å². The second-order valence-corrected chi connectivity index (χ2v) is 4.11. The topological polar surface area (TPSA) is 33.2 Å². The molecule has 1 unspecified atom stereocenters. The summed E-state index contributed by atoms with van der Waals surface area (Å²) < 4.78 is 0. The molecule has 1 aliphatic heterocycles. The quantitative estimate of drug-likeness (QED) is 0.679. The van der Waals surface area contributed by atoms with Gasteiger partial charge in [-0.05, 0) is 24.5 Å². The minimum Gasteiger partial charge on any atom is -0.345 e. The van der Waals surface area contributed by atoms with Crippen LogP contribution in [0.4, 0.5) is 0 Å². The van der Waals surface area contributed by atoms with Gasteiger partial charge in [0.1, 0.15) is 0 Å². The zero-order chi connectivity index (χ0) is 17.8. The fourth-order valence-corrected chi connectivity index (χ4v) is 1.74. The summed E-state index contributed by atoms with van der Waals surface area (Å²) in [6, 6.07) is 5.72. The average molecular weight is 321 g/mol. The van der Waals surface area contributed by atoms with Crippen LogP contribution in [-0.4, -0.2) is 37.8 Å². The number of hydrogen-bond donors (Lipinski definition) is 0. The highest BCUT2D eigenvalue weighted by Crippen LogP contribution is 2.18. The summed E-state index contributed by atoms with van der Waals surface area (Å²) in [6.07, 6.45) is 6.56. The van der Waals surface area contributed by atoms with E-state index in [0.29, 0.717) is 5.91 Å². The van der Waals surface area contributed by atoms with Crippen LogP contribution in [0.1, 0.15) is 67.7 Å². The molecule has 0 aromatic carbocycles. The summed E-state index contributed by atoms with van der Waals surface area (Å²) in [7, 11) is 1.89. The molecular formula is C19H38BN2O. The normalized spacial score (nSPS) is 14.7. The summed E-state index contributed by atoms with van der Waals surface area (Å²) in [5.41, 5.74) is 0. The lowest BCUT2D eigenvalue weighted by Gasteiger charge is -2.28. The number of aromatic nitrogens is 1. The van der Waals surface area contributed by atoms with Gasteiger partial charge >= 0.3 is 0 Å². The Morgan fingerprint density at radius 1 is 1.04 bits per heavy atom. The molecule has 0 saturated carbocycles. The van der Waals surface area contributed by atoms with Crippen molar-refractivity contribution in [2.24, 2.45) is 5.92 Å². The van der Waals surface area contributed by atoms with Crippen LogP contribution in [0.5, 0.6) is 0 Å². The molecule has 4 heteroatoms. The van der Waals surface area contributed by atoms with Crippen molar-refractivity contribution in [3.05, 3.63) is 30.6 Å². The number of rotatable bonds is 1. The van der Waals surface area contributed by atoms with Crippen LogP contribution in [0.3, 0.4) is 0 Å². The third kappa shape index (κ3) is 18.6. The molecule has 0 aliphatic carbocycles. The fourth-order valence-electron chi connectivity index (χ4n) is 1.74. The van der Waals surface area contributed by atoms with E-state index >= 15 is 0 Å². The maximum Gasteiger partial charge on any atom is 0.222 e. The van der Waals surface area contributed by atoms with Crippen molar-refractivity contribution >= 4 is 14.3 Å². The SMILES string of the molecule is CC.CC.CC.CCC1CCC(=O)N(C)C1.[B].c1ccncc1. The zero-order valence-electron chi connectivity index (χ0n) is 16.7. The van der Waals surface area contributed by atoms with Crippen LogP contribution < -0.4 is 0 Å². The van der Waals surface area contributed by atoms with E-state index in [1.807, 2.05) is 71.7 Å². The second-order valence-electron chi connectivity index (χ2n) is 4.11. The number of carbonyl (C=O) groups is 1. The van der Waals surface area contributed by atoms with Crippen molar-refractivity contribution in [2.75, 3.05) is 13.6 Å². The number of carbonyl (C=O) groups excluding carboxylic acids is 1. The lowest BCUT2D eigenvalue weighted by atomic mass is 9.96. The Morgan fingerprint density at radius 3 is 1.78 bits per heavy atom. The van der Waals surface area contributed by atoms with Gasteiger partial charge in [-0.2, -0.15) is 0 Å². The van der Waals surface area contributed by atoms with Gasteiger partial charge in [0.05, 0.1) is 0 Å². The minimum absolute atomic E-state index is 0. The number of hydrogen-bond acceptors (Lipinski definition) is 2. The Kier molecular flexibility index (Phi) is 33.1. The standard InChI is InChI=1S/C8H15NO.C5H5N.3C2H6.B/c1-3-7-4-5-8(10)9(2)6-7;1-2-4-6-5-3-1;3*1-2;/h7H,3-6H2,1-2H3;1-5H;3*1-2H3;. The predicted octanol–water partition coefficient (Wildman–Crippen LogP) is 5.04. The highest BCUT2D eigenvalue weighted by molar-refractivity contribution is 5.76. The van der Waals surface area contributed by atoms with Crippen LogP contribution in [-0.2, 0) is 4.79 Å². The van der Waals surface area contributed by atoms with Crippen molar-refractivity contribution in [2.45, 2.75) is 67.7 Å². The zero-order valence-corrected chi connectivity index (χ0v) is 16.7. The summed E-state index contributed by atoms with van der Waals surface area (Å²) in [6.45, 7) is 15.2. The van der Waals surface area contributed by atoms with Gasteiger partial charge in [-0.1, -0.05) is 61.0 Å². The smallest absolute Gasteiger partial charge is 0.222 e. The molecule has 0 spiro atoms. The molecule has 1 aromatic rings. The summed E-state index contributed by atoms with van der Waals surface area (Å²) in [5, 5.41) is 0. The maximum absolute atomic E-state index is 11.0. The van der Waals surface area contributed by atoms with E-state index in [1.54, 1.807) is 12.4 Å². The number of likely N-dealkylation sites (tertiary alicyclic amines) is 1. The van der Waals surface area contributed by atoms with Crippen molar-refractivity contribution in [3.8, 4) is 0 Å². The Labute approximate surface area is 147 Å². The van der Waals surface area contributed by atoms with Gasteiger partial charge in [-0.3, -0.25) is 9.78 Å². The monoisotopic (exact) mass is 321 g/mol. The van der Waals surface area contributed by atoms with Gasteiger partial charge in [0.2, 0.25) is 5.91 Å². The number of piperidine rings is 1. The van der Waals surface area contributed by atoms with E-state index in [0.717, 1.165) is 25.3 Å². The van der Waals surface area contributed by atoms with E-state index in [-0.39, 0.29) is 8.41 Å². The van der Waals surface area contributed by atoms with E-state index in [9.17, 15) is 4.79 Å². The summed E-state index contributed by atoms with van der Waals surface area (Å²) in [4.78, 5) is 16.6. The lowest BCUT2D eigenvalue weighted by Crippen LogP contribution is -2.36. The first-order valence-corrected chi connectivity index (χ1v) is 8.83. The van der Waals surface area contributed by atoms with Crippen LogP contribution in [0.25, 0.3) is 0 Å². The summed E-state index contributed by atoms with van der Waals surface area (Å²) >= 11 is 0. The largest absolute Gasteiger partial charge is 0.345 e. The Hall–Kier alpha value is -1.32. The van der Waals surface area contributed by atoms with Gasteiger partial charge in [0, 0.05) is 40.8 Å². The van der Waals surface area contributed by atoms with Crippen molar-refractivity contribution in [3.63, 3.8) is 0 Å². The first-order chi connectivity index (χ1) is 10.7. The molecule has 2 rings (SSSR count). The Balaban J connectivity index is -0.000000120. The summed E-state index contributed by atoms with van der Waals surface area (Å²) in [5.74, 6) is 1.06. The minimum atomic E-state index is 0. The molecule has 3 radical (unpaired) electrons. The second kappa shape index (κ2) is 25.6. The van der Waals surface area contributed by atoms with Gasteiger partial charge in [-0.25, -0.2) is 0 Å². The Bertz CT molecular complexity index is 281. The molecule has 3 nitrogen and oxygen atoms in total. The maximum atomic E-state index is 11.0. The lowest BCUT2D eigenvalue weighted by molar-refractivity contribution is -0.133. The van der Waals surface area contributed by atoms with Crippen LogP contribution >= 0.6 is 0 Å². The molecule has 23 heavy (non-hydrogen) atoms. The highest BCUT2D eigenvalue weighted by atomic mass is 16.2. The predicted molar refractivity (Wildman–Crippen MR) is 105 cm³/mol. The molecule has 1 fully saturated rings. The van der Waals surface area contributed by atoms with E-state index in [1.165, 1.54) is 6.42 Å². The highest BCUT2D eigenvalue weighted by Gasteiger charge is 2.20. The molecule has 1 amide bonds. The Morgan fingerprint density at radius 2 is 1.52 bits per heavy atom. The van der Waals surface area contributed by atoms with E-state index in [2.05, 4.69) is 11.9 Å². The van der Waals surface area contributed by atoms with Gasteiger partial charge in [0.25, 0.3) is 0 Å². The van der Waals surface area contributed by atoms with Crippen LogP contribution in [0.2, 0.25) is 0 Å². The average Bonchev–Trinajstić information content (AvgIpc) is 2.64. The first-order valence-electron chi connectivity index (χ1n) is 8.83. The van der Waals surface area contributed by atoms with Crippen molar-refractivity contribution in [1.82, 2.24) is 9.88 Å². The number of nitrogens with zero attached hydrogens (tertiary/aromatic N) is 2. The third-order valence-electron chi connectivity index (χ3n) is 2.87. The van der Waals surface area contributed by atoms with E-state index < -0.39 is 0 Å². The fraction of sp³-hybridized carbons (Fsp3) is 0.684. The van der Waals surface area contributed by atoms with Gasteiger partial charge in [-0.15, -0.1) is 0 Å². The molecule has 0 N–H and O–H groups in total. The molecular weight excluding hydrogens is 283 g/mol. The molecule has 0 bridgehead atoms. The third-order valence-corrected chi connectivity index (χ3v) is 2.87. The molecule has 1 saturated heterocycles. The number of amides is 1. The van der Waals surface area contributed by atoms with Crippen molar-refractivity contribution in [1.29, 1.82) is 0 Å². The van der Waals surface area contributed by atoms with Gasteiger partial charge < -0.3 is 4.90 Å². The van der Waals surface area contributed by atoms with Gasteiger partial charge in [0.15, 0.2) is 0 Å². The molecule has 2 heterocycles.